The van der Waals surface area contributed by atoms with E-state index in [1.165, 1.54) is 22.3 Å². The molecule has 0 unspecified atom stereocenters. The second-order valence-electron chi connectivity index (χ2n) is 14.5. The number of fused-ring (bicyclic) bond motifs is 3. The predicted molar refractivity (Wildman–Crippen MR) is 231 cm³/mol. The highest BCUT2D eigenvalue weighted by Crippen LogP contribution is 2.56. The van der Waals surface area contributed by atoms with E-state index in [0.717, 1.165) is 61.5 Å². The first-order valence-corrected chi connectivity index (χ1v) is 19.2. The minimum absolute atomic E-state index is 0.640. The molecule has 0 saturated heterocycles. The van der Waals surface area contributed by atoms with E-state index in [0.29, 0.717) is 11.4 Å². The molecule has 8 aromatic carbocycles. The summed E-state index contributed by atoms with van der Waals surface area (Å²) in [6, 6.07) is 76.9. The molecule has 1 aliphatic carbocycles. The number of hydrogen-bond donors (Lipinski definition) is 0. The van der Waals surface area contributed by atoms with E-state index in [1.807, 2.05) is 30.3 Å². The Labute approximate surface area is 332 Å². The first kappa shape index (κ1) is 33.9. The topological polar surface area (TPSA) is 49.6 Å². The first-order valence-electron chi connectivity index (χ1n) is 19.2. The lowest BCUT2D eigenvalue weighted by Gasteiger charge is -2.34. The minimum Gasteiger partial charge on any atom is -0.228 e. The van der Waals surface area contributed by atoms with Crippen LogP contribution < -0.4 is 0 Å². The molecule has 0 atom stereocenters. The summed E-state index contributed by atoms with van der Waals surface area (Å²) in [4.78, 5) is 10.6. The van der Waals surface area contributed by atoms with Crippen molar-refractivity contribution in [3.05, 3.63) is 240 Å². The van der Waals surface area contributed by atoms with Crippen LogP contribution in [-0.2, 0) is 5.41 Å². The minimum atomic E-state index is -0.643. The van der Waals surface area contributed by atoms with Crippen molar-refractivity contribution in [3.63, 3.8) is 0 Å². The number of nitriles is 1. The predicted octanol–water partition coefficient (Wildman–Crippen LogP) is 13.0. The number of benzene rings is 8. The van der Waals surface area contributed by atoms with Gasteiger partial charge >= 0.3 is 0 Å². The quantitative estimate of drug-likeness (QED) is 0.164. The molecule has 9 aromatic rings. The zero-order chi connectivity index (χ0) is 38.2. The van der Waals surface area contributed by atoms with Crippen LogP contribution in [0.25, 0.3) is 67.3 Å². The van der Waals surface area contributed by atoms with Gasteiger partial charge < -0.3 is 0 Å². The summed E-state index contributed by atoms with van der Waals surface area (Å²) < 4.78 is 0. The maximum Gasteiger partial charge on any atom is 0.160 e. The molecule has 3 heteroatoms. The van der Waals surface area contributed by atoms with Gasteiger partial charge in [0.1, 0.15) is 0 Å². The molecular weight excluding hydrogens is 691 g/mol. The van der Waals surface area contributed by atoms with E-state index in [1.54, 1.807) is 0 Å². The van der Waals surface area contributed by atoms with Crippen molar-refractivity contribution < 1.29 is 0 Å². The van der Waals surface area contributed by atoms with E-state index in [4.69, 9.17) is 9.97 Å². The third-order valence-corrected chi connectivity index (χ3v) is 11.2. The highest BCUT2D eigenvalue weighted by molar-refractivity contribution is 5.87. The molecule has 0 N–H and O–H groups in total. The van der Waals surface area contributed by atoms with Crippen molar-refractivity contribution in [2.24, 2.45) is 0 Å². The Morgan fingerprint density at radius 2 is 0.807 bits per heavy atom. The van der Waals surface area contributed by atoms with Gasteiger partial charge in [0.25, 0.3) is 0 Å². The van der Waals surface area contributed by atoms with E-state index in [9.17, 15) is 5.26 Å². The molecule has 0 saturated carbocycles. The summed E-state index contributed by atoms with van der Waals surface area (Å²) in [7, 11) is 0. The monoisotopic (exact) mass is 725 g/mol. The van der Waals surface area contributed by atoms with Gasteiger partial charge in [-0.05, 0) is 92.0 Å². The highest BCUT2D eigenvalue weighted by atomic mass is 14.9. The van der Waals surface area contributed by atoms with Gasteiger partial charge in [0.15, 0.2) is 5.82 Å². The lowest BCUT2D eigenvalue weighted by Crippen LogP contribution is -2.28. The fraction of sp³-hybridized carbons (Fsp3) is 0.0185. The molecule has 10 rings (SSSR count). The van der Waals surface area contributed by atoms with Crippen molar-refractivity contribution >= 4 is 0 Å². The number of hydrogen-bond acceptors (Lipinski definition) is 3. The molecule has 1 aromatic heterocycles. The molecule has 3 nitrogen and oxygen atoms in total. The maximum atomic E-state index is 9.73. The van der Waals surface area contributed by atoms with Crippen LogP contribution in [0.5, 0.6) is 0 Å². The molecule has 0 bridgehead atoms. The number of aromatic nitrogens is 2. The van der Waals surface area contributed by atoms with Gasteiger partial charge in [-0.15, -0.1) is 0 Å². The standard InChI is InChI=1S/C54H35N3/c55-36-37-15-11-20-40(31-37)42-22-13-25-45(33-42)54(49-29-9-7-27-47(49)48-28-8-10-30-50(48)54)46-26-14-24-44(34-46)53-56-51(39-18-5-2-6-19-39)35-52(57-53)43-23-12-21-41(32-43)38-16-3-1-4-17-38/h1-35H. The summed E-state index contributed by atoms with van der Waals surface area (Å²) in [5.74, 6) is 0.662. The summed E-state index contributed by atoms with van der Waals surface area (Å²) in [5.41, 5.74) is 16.3. The van der Waals surface area contributed by atoms with Crippen LogP contribution in [0, 0.1) is 11.3 Å². The summed E-state index contributed by atoms with van der Waals surface area (Å²) in [5, 5.41) is 9.73. The van der Waals surface area contributed by atoms with Gasteiger partial charge in [-0.1, -0.05) is 176 Å². The third kappa shape index (κ3) is 5.92. The Bertz CT molecular complexity index is 2930. The zero-order valence-corrected chi connectivity index (χ0v) is 31.0. The Morgan fingerprint density at radius 1 is 0.351 bits per heavy atom. The van der Waals surface area contributed by atoms with Gasteiger partial charge in [-0.2, -0.15) is 5.26 Å². The third-order valence-electron chi connectivity index (χ3n) is 11.2. The van der Waals surface area contributed by atoms with Crippen LogP contribution in [-0.4, -0.2) is 9.97 Å². The van der Waals surface area contributed by atoms with Crippen LogP contribution in [0.3, 0.4) is 0 Å². The van der Waals surface area contributed by atoms with E-state index in [2.05, 4.69) is 188 Å². The second kappa shape index (κ2) is 14.2. The number of nitrogens with zero attached hydrogens (tertiary/aromatic N) is 3. The van der Waals surface area contributed by atoms with E-state index >= 15 is 0 Å². The molecule has 0 aliphatic heterocycles. The molecule has 1 heterocycles. The molecule has 0 radical (unpaired) electrons. The molecule has 57 heavy (non-hydrogen) atoms. The summed E-state index contributed by atoms with van der Waals surface area (Å²) in [6.07, 6.45) is 0. The van der Waals surface area contributed by atoms with Crippen molar-refractivity contribution in [3.8, 4) is 73.4 Å². The lowest BCUT2D eigenvalue weighted by molar-refractivity contribution is 0.769. The van der Waals surface area contributed by atoms with Crippen molar-refractivity contribution in [1.29, 1.82) is 5.26 Å². The van der Waals surface area contributed by atoms with Crippen LogP contribution in [0.4, 0.5) is 0 Å². The zero-order valence-electron chi connectivity index (χ0n) is 31.0. The SMILES string of the molecule is N#Cc1cccc(-c2cccc(C3(c4cccc(-c5nc(-c6ccccc6)cc(-c6cccc(-c7ccccc7)c6)n5)c4)c4ccccc4-c4ccccc43)c2)c1. The van der Waals surface area contributed by atoms with Crippen molar-refractivity contribution in [2.45, 2.75) is 5.41 Å². The van der Waals surface area contributed by atoms with E-state index < -0.39 is 5.41 Å². The summed E-state index contributed by atoms with van der Waals surface area (Å²) in [6.45, 7) is 0. The molecule has 0 fully saturated rings. The molecule has 1 aliphatic rings. The van der Waals surface area contributed by atoms with Crippen molar-refractivity contribution in [2.75, 3.05) is 0 Å². The van der Waals surface area contributed by atoms with Crippen LogP contribution >= 0.6 is 0 Å². The van der Waals surface area contributed by atoms with Gasteiger partial charge in [-0.25, -0.2) is 9.97 Å². The van der Waals surface area contributed by atoms with Gasteiger partial charge in [-0.3, -0.25) is 0 Å². The Morgan fingerprint density at radius 3 is 1.46 bits per heavy atom. The Balaban J connectivity index is 1.19. The van der Waals surface area contributed by atoms with Gasteiger partial charge in [0, 0.05) is 16.7 Å². The average Bonchev–Trinajstić information content (AvgIpc) is 3.61. The lowest BCUT2D eigenvalue weighted by atomic mass is 9.67. The molecule has 0 amide bonds. The van der Waals surface area contributed by atoms with E-state index in [-0.39, 0.29) is 0 Å². The van der Waals surface area contributed by atoms with Crippen LogP contribution in [0.2, 0.25) is 0 Å². The van der Waals surface area contributed by atoms with Gasteiger partial charge in [0.2, 0.25) is 0 Å². The van der Waals surface area contributed by atoms with Crippen LogP contribution in [0.1, 0.15) is 27.8 Å². The van der Waals surface area contributed by atoms with Crippen molar-refractivity contribution in [1.82, 2.24) is 9.97 Å². The largest absolute Gasteiger partial charge is 0.228 e. The number of rotatable bonds is 7. The first-order chi connectivity index (χ1) is 28.2. The van der Waals surface area contributed by atoms with Gasteiger partial charge in [0.05, 0.1) is 28.4 Å². The molecule has 266 valence electrons. The average molecular weight is 726 g/mol. The Hall–Kier alpha value is -7.67. The fourth-order valence-electron chi connectivity index (χ4n) is 8.59. The molecular formula is C54H35N3. The van der Waals surface area contributed by atoms with Crippen LogP contribution in [0.15, 0.2) is 212 Å². The normalized spacial score (nSPS) is 12.3. The summed E-state index contributed by atoms with van der Waals surface area (Å²) >= 11 is 0. The smallest absolute Gasteiger partial charge is 0.160 e. The highest BCUT2D eigenvalue weighted by Gasteiger charge is 2.46. The Kier molecular flexibility index (Phi) is 8.43. The molecule has 0 spiro atoms. The maximum absolute atomic E-state index is 9.73. The fourth-order valence-corrected chi connectivity index (χ4v) is 8.59. The second-order valence-corrected chi connectivity index (χ2v) is 14.5.